The van der Waals surface area contributed by atoms with Crippen molar-refractivity contribution in [3.8, 4) is 0 Å². The minimum absolute atomic E-state index is 1.03. The molecule has 0 radical (unpaired) electrons. The molecule has 0 spiro atoms. The fourth-order valence-corrected chi connectivity index (χ4v) is 1.37. The number of piperazine rings is 1. The van der Waals surface area contributed by atoms with Crippen molar-refractivity contribution in [3.63, 3.8) is 0 Å². The van der Waals surface area contributed by atoms with Gasteiger partial charge in [0.05, 0.1) is 0 Å². The van der Waals surface area contributed by atoms with Gasteiger partial charge in [0, 0.05) is 26.2 Å². The van der Waals surface area contributed by atoms with E-state index in [0.717, 1.165) is 26.2 Å². The highest BCUT2D eigenvalue weighted by Crippen LogP contribution is 1.99. The number of unbranched alkanes of at least 4 members (excludes halogenated alkanes) is 1. The maximum atomic E-state index is 5.63. The third-order valence-corrected chi connectivity index (χ3v) is 2.23. The Hall–Kier alpha value is -0.120. The monoisotopic (exact) mass is 157 g/mol. The van der Waals surface area contributed by atoms with E-state index in [4.69, 9.17) is 5.84 Å². The molecular formula is C8H19N3. The molecule has 3 nitrogen and oxygen atoms in total. The Morgan fingerprint density at radius 1 is 1.18 bits per heavy atom. The maximum absolute atomic E-state index is 5.63. The quantitative estimate of drug-likeness (QED) is 0.597. The van der Waals surface area contributed by atoms with E-state index in [1.165, 1.54) is 19.4 Å². The molecule has 66 valence electrons. The molecule has 0 bridgehead atoms. The lowest BCUT2D eigenvalue weighted by Crippen LogP contribution is -2.49. The van der Waals surface area contributed by atoms with Crippen molar-refractivity contribution in [2.45, 2.75) is 19.8 Å². The van der Waals surface area contributed by atoms with Crippen LogP contribution in [0.5, 0.6) is 0 Å². The van der Waals surface area contributed by atoms with Crippen LogP contribution in [0.3, 0.4) is 0 Å². The van der Waals surface area contributed by atoms with Crippen molar-refractivity contribution in [1.82, 2.24) is 9.91 Å². The molecule has 0 aromatic heterocycles. The maximum Gasteiger partial charge on any atom is 0.0257 e. The molecule has 1 aliphatic rings. The fraction of sp³-hybridized carbons (Fsp3) is 1.00. The van der Waals surface area contributed by atoms with Gasteiger partial charge in [-0.15, -0.1) is 0 Å². The molecular weight excluding hydrogens is 138 g/mol. The fourth-order valence-electron chi connectivity index (χ4n) is 1.37. The van der Waals surface area contributed by atoms with Crippen LogP contribution in [0.2, 0.25) is 0 Å². The van der Waals surface area contributed by atoms with E-state index < -0.39 is 0 Å². The first-order chi connectivity index (χ1) is 5.33. The Morgan fingerprint density at radius 2 is 1.82 bits per heavy atom. The summed E-state index contributed by atoms with van der Waals surface area (Å²) < 4.78 is 0. The predicted octanol–water partition coefficient (Wildman–Crippen LogP) is 0.278. The molecule has 0 aromatic rings. The Kier molecular flexibility index (Phi) is 3.83. The van der Waals surface area contributed by atoms with Crippen LogP contribution in [0, 0.1) is 0 Å². The lowest BCUT2D eigenvalue weighted by molar-refractivity contribution is 0.132. The van der Waals surface area contributed by atoms with Gasteiger partial charge in [0.25, 0.3) is 0 Å². The van der Waals surface area contributed by atoms with Crippen LogP contribution in [0.4, 0.5) is 0 Å². The van der Waals surface area contributed by atoms with Crippen LogP contribution < -0.4 is 5.84 Å². The van der Waals surface area contributed by atoms with Crippen LogP contribution in [0.25, 0.3) is 0 Å². The minimum atomic E-state index is 1.03. The Balaban J connectivity index is 2.07. The van der Waals surface area contributed by atoms with Crippen molar-refractivity contribution in [3.05, 3.63) is 0 Å². The van der Waals surface area contributed by atoms with Gasteiger partial charge in [0.2, 0.25) is 0 Å². The lowest BCUT2D eigenvalue weighted by atomic mass is 10.3. The average molecular weight is 157 g/mol. The SMILES string of the molecule is CCCCN1CCN(N)CC1. The third-order valence-electron chi connectivity index (χ3n) is 2.23. The first-order valence-corrected chi connectivity index (χ1v) is 4.55. The summed E-state index contributed by atoms with van der Waals surface area (Å²) in [5.41, 5.74) is 0. The first kappa shape index (κ1) is 8.97. The molecule has 0 amide bonds. The van der Waals surface area contributed by atoms with Crippen molar-refractivity contribution in [2.24, 2.45) is 5.84 Å². The highest BCUT2D eigenvalue weighted by Gasteiger charge is 2.12. The van der Waals surface area contributed by atoms with E-state index in [0.29, 0.717) is 0 Å². The predicted molar refractivity (Wildman–Crippen MR) is 47.1 cm³/mol. The third kappa shape index (κ3) is 3.18. The second-order valence-corrected chi connectivity index (χ2v) is 3.23. The van der Waals surface area contributed by atoms with Gasteiger partial charge >= 0.3 is 0 Å². The van der Waals surface area contributed by atoms with E-state index >= 15 is 0 Å². The molecule has 1 heterocycles. The van der Waals surface area contributed by atoms with Gasteiger partial charge in [-0.25, -0.2) is 5.01 Å². The second kappa shape index (κ2) is 4.70. The van der Waals surface area contributed by atoms with Crippen molar-refractivity contribution >= 4 is 0 Å². The summed E-state index contributed by atoms with van der Waals surface area (Å²) in [4.78, 5) is 2.49. The molecule has 1 aliphatic heterocycles. The van der Waals surface area contributed by atoms with Gasteiger partial charge < -0.3 is 4.90 Å². The van der Waals surface area contributed by atoms with Crippen molar-refractivity contribution in [2.75, 3.05) is 32.7 Å². The van der Waals surface area contributed by atoms with E-state index in [1.807, 2.05) is 5.01 Å². The summed E-state index contributed by atoms with van der Waals surface area (Å²) >= 11 is 0. The number of hydrazine groups is 1. The van der Waals surface area contributed by atoms with Crippen molar-refractivity contribution in [1.29, 1.82) is 0 Å². The highest BCUT2D eigenvalue weighted by atomic mass is 15.4. The molecule has 1 fully saturated rings. The van der Waals surface area contributed by atoms with Gasteiger partial charge in [-0.3, -0.25) is 5.84 Å². The minimum Gasteiger partial charge on any atom is -0.301 e. The molecule has 3 heteroatoms. The zero-order valence-electron chi connectivity index (χ0n) is 7.42. The van der Waals surface area contributed by atoms with E-state index in [-0.39, 0.29) is 0 Å². The summed E-state index contributed by atoms with van der Waals surface area (Å²) in [6, 6.07) is 0. The molecule has 11 heavy (non-hydrogen) atoms. The van der Waals surface area contributed by atoms with Gasteiger partial charge in [-0.2, -0.15) is 0 Å². The summed E-state index contributed by atoms with van der Waals surface area (Å²) in [5.74, 6) is 5.63. The number of nitrogens with zero attached hydrogens (tertiary/aromatic N) is 2. The molecule has 0 unspecified atom stereocenters. The number of nitrogens with two attached hydrogens (primary N) is 1. The standard InChI is InChI=1S/C8H19N3/c1-2-3-4-10-5-7-11(9)8-6-10/h2-9H2,1H3. The molecule has 1 rings (SSSR count). The Labute approximate surface area is 69.1 Å². The average Bonchev–Trinajstić information content (AvgIpc) is 2.04. The molecule has 0 saturated carbocycles. The van der Waals surface area contributed by atoms with Gasteiger partial charge in [0.1, 0.15) is 0 Å². The van der Waals surface area contributed by atoms with Crippen LogP contribution >= 0.6 is 0 Å². The Morgan fingerprint density at radius 3 is 2.36 bits per heavy atom. The van der Waals surface area contributed by atoms with Crippen molar-refractivity contribution < 1.29 is 0 Å². The van der Waals surface area contributed by atoms with E-state index in [9.17, 15) is 0 Å². The van der Waals surface area contributed by atoms with Crippen LogP contribution in [-0.2, 0) is 0 Å². The van der Waals surface area contributed by atoms with Crippen LogP contribution in [0.1, 0.15) is 19.8 Å². The van der Waals surface area contributed by atoms with E-state index in [1.54, 1.807) is 0 Å². The van der Waals surface area contributed by atoms with E-state index in [2.05, 4.69) is 11.8 Å². The summed E-state index contributed by atoms with van der Waals surface area (Å²) in [6.45, 7) is 7.85. The molecule has 2 N–H and O–H groups in total. The van der Waals surface area contributed by atoms with Gasteiger partial charge in [0.15, 0.2) is 0 Å². The normalized spacial score (nSPS) is 22.4. The molecule has 1 saturated heterocycles. The highest BCUT2D eigenvalue weighted by molar-refractivity contribution is 4.67. The van der Waals surface area contributed by atoms with Crippen LogP contribution in [0.15, 0.2) is 0 Å². The van der Waals surface area contributed by atoms with Gasteiger partial charge in [-0.1, -0.05) is 13.3 Å². The summed E-state index contributed by atoms with van der Waals surface area (Å²) in [5, 5.41) is 1.91. The lowest BCUT2D eigenvalue weighted by Gasteiger charge is -2.31. The largest absolute Gasteiger partial charge is 0.301 e. The topological polar surface area (TPSA) is 32.5 Å². The summed E-state index contributed by atoms with van der Waals surface area (Å²) in [6.07, 6.45) is 2.62. The molecule has 0 aliphatic carbocycles. The van der Waals surface area contributed by atoms with Gasteiger partial charge in [-0.05, 0) is 13.0 Å². The summed E-state index contributed by atoms with van der Waals surface area (Å²) in [7, 11) is 0. The van der Waals surface area contributed by atoms with Crippen LogP contribution in [-0.4, -0.2) is 42.6 Å². The Bertz CT molecular complexity index is 94.8. The number of hydrogen-bond acceptors (Lipinski definition) is 3. The first-order valence-electron chi connectivity index (χ1n) is 4.55. The second-order valence-electron chi connectivity index (χ2n) is 3.23. The smallest absolute Gasteiger partial charge is 0.0257 e. The number of rotatable bonds is 3. The zero-order valence-corrected chi connectivity index (χ0v) is 7.42. The molecule has 0 atom stereocenters. The zero-order chi connectivity index (χ0) is 8.10. The molecule has 0 aromatic carbocycles. The number of hydrogen-bond donors (Lipinski definition) is 1.